The van der Waals surface area contributed by atoms with Crippen molar-refractivity contribution in [3.8, 4) is 17.2 Å². The summed E-state index contributed by atoms with van der Waals surface area (Å²) in [6.45, 7) is 7.56. The number of nitrogens with zero attached hydrogens (tertiary/aromatic N) is 1. The molecule has 0 aromatic heterocycles. The van der Waals surface area contributed by atoms with E-state index in [1.54, 1.807) is 18.2 Å². The highest BCUT2D eigenvalue weighted by molar-refractivity contribution is 6.31. The monoisotopic (exact) mass is 383 g/mol. The van der Waals surface area contributed by atoms with Gasteiger partial charge in [0.15, 0.2) is 5.78 Å². The summed E-state index contributed by atoms with van der Waals surface area (Å²) in [6, 6.07) is 5.00. The van der Waals surface area contributed by atoms with Crippen molar-refractivity contribution in [3.05, 3.63) is 46.0 Å². The van der Waals surface area contributed by atoms with Crippen molar-refractivity contribution in [2.75, 3.05) is 39.3 Å². The first-order valence-electron chi connectivity index (χ1n) is 9.25. The van der Waals surface area contributed by atoms with E-state index in [2.05, 4.69) is 4.90 Å². The molecule has 0 bridgehead atoms. The van der Waals surface area contributed by atoms with Crippen LogP contribution in [0.1, 0.15) is 51.3 Å². The molecule has 28 heavy (non-hydrogen) atoms. The van der Waals surface area contributed by atoms with Crippen LogP contribution in [0.5, 0.6) is 17.2 Å². The maximum absolute atomic E-state index is 13.4. The van der Waals surface area contributed by atoms with Crippen LogP contribution in [0.15, 0.2) is 18.2 Å². The van der Waals surface area contributed by atoms with Gasteiger partial charge in [-0.05, 0) is 32.9 Å². The van der Waals surface area contributed by atoms with Gasteiger partial charge in [-0.2, -0.15) is 0 Å². The largest absolute Gasteiger partial charge is 0.497 e. The number of carbonyl (C=O) groups excluding carboxylic acids is 2. The van der Waals surface area contributed by atoms with E-state index in [4.69, 9.17) is 14.2 Å². The Morgan fingerprint density at radius 2 is 1.46 bits per heavy atom. The van der Waals surface area contributed by atoms with Gasteiger partial charge in [-0.15, -0.1) is 0 Å². The molecule has 0 atom stereocenters. The first-order valence-corrected chi connectivity index (χ1v) is 9.25. The van der Waals surface area contributed by atoms with E-state index in [0.717, 1.165) is 24.3 Å². The Hall–Kier alpha value is -3.02. The normalized spacial score (nSPS) is 12.4. The Balaban J connectivity index is 2.35. The van der Waals surface area contributed by atoms with Gasteiger partial charge < -0.3 is 19.1 Å². The predicted molar refractivity (Wildman–Crippen MR) is 108 cm³/mol. The second-order valence-electron chi connectivity index (χ2n) is 6.56. The summed E-state index contributed by atoms with van der Waals surface area (Å²) in [7, 11) is 4.50. The fourth-order valence-electron chi connectivity index (χ4n) is 3.85. The Labute approximate surface area is 165 Å². The molecule has 0 saturated heterocycles. The summed E-state index contributed by atoms with van der Waals surface area (Å²) in [4.78, 5) is 28.9. The molecule has 148 valence electrons. The van der Waals surface area contributed by atoms with E-state index in [0.29, 0.717) is 22.8 Å². The number of hydrogen-bond acceptors (Lipinski definition) is 6. The zero-order valence-electron chi connectivity index (χ0n) is 17.1. The lowest BCUT2D eigenvalue weighted by molar-refractivity contribution is 0.0973. The lowest BCUT2D eigenvalue weighted by atomic mass is 9.81. The molecule has 0 spiro atoms. The Kier molecular flexibility index (Phi) is 5.31. The van der Waals surface area contributed by atoms with Gasteiger partial charge in [-0.25, -0.2) is 0 Å². The fourth-order valence-corrected chi connectivity index (χ4v) is 3.85. The van der Waals surface area contributed by atoms with E-state index >= 15 is 0 Å². The Bertz CT molecular complexity index is 960. The first-order chi connectivity index (χ1) is 13.4. The third-order valence-electron chi connectivity index (χ3n) is 5.29. The Morgan fingerprint density at radius 1 is 0.821 bits per heavy atom. The molecule has 0 N–H and O–H groups in total. The number of hydrogen-bond donors (Lipinski definition) is 0. The van der Waals surface area contributed by atoms with Gasteiger partial charge in [-0.3, -0.25) is 9.59 Å². The molecule has 0 heterocycles. The zero-order chi connectivity index (χ0) is 20.6. The van der Waals surface area contributed by atoms with Crippen molar-refractivity contribution in [3.63, 3.8) is 0 Å². The van der Waals surface area contributed by atoms with Crippen LogP contribution in [0.2, 0.25) is 0 Å². The molecule has 0 saturated carbocycles. The minimum Gasteiger partial charge on any atom is -0.497 e. The molecule has 0 unspecified atom stereocenters. The third-order valence-corrected chi connectivity index (χ3v) is 5.29. The smallest absolute Gasteiger partial charge is 0.202 e. The second kappa shape index (κ2) is 7.54. The van der Waals surface area contributed by atoms with Crippen molar-refractivity contribution >= 4 is 17.3 Å². The molecule has 0 amide bonds. The fraction of sp³-hybridized carbons (Fsp3) is 0.364. The number of benzene rings is 2. The van der Waals surface area contributed by atoms with Gasteiger partial charge in [0.2, 0.25) is 5.78 Å². The molecule has 1 aliphatic rings. The molecule has 2 aromatic rings. The summed E-state index contributed by atoms with van der Waals surface area (Å²) in [5.74, 6) is 0.680. The van der Waals surface area contributed by atoms with Crippen molar-refractivity contribution in [2.24, 2.45) is 0 Å². The number of methoxy groups -OCH3 is 3. The highest BCUT2D eigenvalue weighted by Crippen LogP contribution is 2.43. The molecule has 0 radical (unpaired) electrons. The predicted octanol–water partition coefficient (Wildman–Crippen LogP) is 3.64. The van der Waals surface area contributed by atoms with Crippen LogP contribution < -0.4 is 19.1 Å². The number of rotatable bonds is 6. The molecule has 2 aromatic carbocycles. The first kappa shape index (κ1) is 19.7. The van der Waals surface area contributed by atoms with Gasteiger partial charge >= 0.3 is 0 Å². The summed E-state index contributed by atoms with van der Waals surface area (Å²) in [5.41, 5.74) is 2.88. The number of anilines is 1. The number of ether oxygens (including phenoxy) is 3. The lowest BCUT2D eigenvalue weighted by Crippen LogP contribution is -2.27. The van der Waals surface area contributed by atoms with E-state index in [1.807, 2.05) is 20.8 Å². The van der Waals surface area contributed by atoms with Crippen molar-refractivity contribution in [1.82, 2.24) is 0 Å². The average Bonchev–Trinajstić information content (AvgIpc) is 2.72. The van der Waals surface area contributed by atoms with Crippen LogP contribution in [0, 0.1) is 6.92 Å². The van der Waals surface area contributed by atoms with Gasteiger partial charge in [-0.1, -0.05) is 0 Å². The van der Waals surface area contributed by atoms with E-state index in [1.165, 1.54) is 21.3 Å². The maximum atomic E-state index is 13.4. The van der Waals surface area contributed by atoms with E-state index in [9.17, 15) is 9.59 Å². The second-order valence-corrected chi connectivity index (χ2v) is 6.56. The summed E-state index contributed by atoms with van der Waals surface area (Å²) >= 11 is 0. The van der Waals surface area contributed by atoms with Crippen LogP contribution in [0.3, 0.4) is 0 Å². The number of fused-ring (bicyclic) bond motifs is 2. The van der Waals surface area contributed by atoms with Gasteiger partial charge in [0.1, 0.15) is 17.2 Å². The molecule has 6 heteroatoms. The number of carbonyl (C=O) groups is 2. The molecule has 1 aliphatic carbocycles. The van der Waals surface area contributed by atoms with Crippen LogP contribution >= 0.6 is 0 Å². The molecule has 0 fully saturated rings. The SMILES string of the molecule is CCN(CC)c1cc2c(c(OC)c1C)C(=O)c1c(OC)cc(OC)cc1C2=O. The third kappa shape index (κ3) is 2.80. The molecular weight excluding hydrogens is 358 g/mol. The van der Waals surface area contributed by atoms with Crippen LogP contribution in [-0.2, 0) is 0 Å². The van der Waals surface area contributed by atoms with E-state index in [-0.39, 0.29) is 28.3 Å². The van der Waals surface area contributed by atoms with Crippen LogP contribution in [-0.4, -0.2) is 46.0 Å². The van der Waals surface area contributed by atoms with Crippen LogP contribution in [0.25, 0.3) is 0 Å². The minimum absolute atomic E-state index is 0.242. The van der Waals surface area contributed by atoms with Crippen molar-refractivity contribution in [2.45, 2.75) is 20.8 Å². The average molecular weight is 383 g/mol. The standard InChI is InChI=1S/C22H25NO5/c1-7-23(8-2)16-11-15-19(22(28-6)12(16)3)21(25)18-14(20(15)24)9-13(26-4)10-17(18)27-5/h9-11H,7-8H2,1-6H3. The molecule has 0 aliphatic heterocycles. The summed E-state index contributed by atoms with van der Waals surface area (Å²) in [6.07, 6.45) is 0. The highest BCUT2D eigenvalue weighted by atomic mass is 16.5. The Morgan fingerprint density at radius 3 is 2.00 bits per heavy atom. The van der Waals surface area contributed by atoms with E-state index < -0.39 is 0 Å². The van der Waals surface area contributed by atoms with Crippen molar-refractivity contribution in [1.29, 1.82) is 0 Å². The summed E-state index contributed by atoms with van der Waals surface area (Å²) in [5, 5.41) is 0. The quantitative estimate of drug-likeness (QED) is 0.647. The van der Waals surface area contributed by atoms with Gasteiger partial charge in [0.25, 0.3) is 0 Å². The van der Waals surface area contributed by atoms with Gasteiger partial charge in [0, 0.05) is 41.5 Å². The number of ketones is 2. The topological polar surface area (TPSA) is 65.1 Å². The zero-order valence-corrected chi connectivity index (χ0v) is 17.1. The molecule has 6 nitrogen and oxygen atoms in total. The van der Waals surface area contributed by atoms with Gasteiger partial charge in [0.05, 0.1) is 32.5 Å². The molecule has 3 rings (SSSR count). The van der Waals surface area contributed by atoms with Crippen molar-refractivity contribution < 1.29 is 23.8 Å². The highest BCUT2D eigenvalue weighted by Gasteiger charge is 2.37. The minimum atomic E-state index is -0.282. The molecular formula is C22H25NO5. The lowest BCUT2D eigenvalue weighted by Gasteiger charge is -2.29. The summed E-state index contributed by atoms with van der Waals surface area (Å²) < 4.78 is 16.3. The van der Waals surface area contributed by atoms with Crippen LogP contribution in [0.4, 0.5) is 5.69 Å². The maximum Gasteiger partial charge on any atom is 0.202 e.